The monoisotopic (exact) mass is 223 g/mol. The number of hydrogen-bond donors (Lipinski definition) is 0. The van der Waals surface area contributed by atoms with Gasteiger partial charge in [-0.1, -0.05) is 0 Å². The molecule has 1 aromatic rings. The highest BCUT2D eigenvalue weighted by Crippen LogP contribution is 2.22. The Labute approximate surface area is 95.0 Å². The van der Waals surface area contributed by atoms with Crippen LogP contribution in [0, 0.1) is 0 Å². The molecule has 0 atom stereocenters. The number of amides is 1. The number of carbonyl (C=O) groups excluding carboxylic acids is 1. The first kappa shape index (κ1) is 11.0. The van der Waals surface area contributed by atoms with Gasteiger partial charge < -0.3 is 9.30 Å². The molecule has 0 fully saturated rings. The molecule has 2 rings (SSSR count). The third-order valence-electron chi connectivity index (χ3n) is 2.48. The molecule has 1 aliphatic heterocycles. The highest BCUT2D eigenvalue weighted by Gasteiger charge is 2.29. The van der Waals surface area contributed by atoms with Gasteiger partial charge in [0.2, 0.25) is 0 Å². The second kappa shape index (κ2) is 3.50. The van der Waals surface area contributed by atoms with E-state index in [-0.39, 0.29) is 6.09 Å². The van der Waals surface area contributed by atoms with Crippen molar-refractivity contribution in [1.29, 1.82) is 0 Å². The van der Waals surface area contributed by atoms with Gasteiger partial charge in [0, 0.05) is 7.05 Å². The van der Waals surface area contributed by atoms with E-state index >= 15 is 0 Å². The van der Waals surface area contributed by atoms with Gasteiger partial charge >= 0.3 is 6.09 Å². The van der Waals surface area contributed by atoms with E-state index in [1.165, 1.54) is 0 Å². The fourth-order valence-electron chi connectivity index (χ4n) is 1.71. The number of fused-ring (bicyclic) bond motifs is 1. The molecule has 0 unspecified atom stereocenters. The zero-order chi connectivity index (χ0) is 11.9. The zero-order valence-corrected chi connectivity index (χ0v) is 10.1. The number of imidazole rings is 1. The molecule has 0 aliphatic carbocycles. The third-order valence-corrected chi connectivity index (χ3v) is 2.48. The van der Waals surface area contributed by atoms with Crippen molar-refractivity contribution >= 4 is 6.09 Å². The normalized spacial score (nSPS) is 15.1. The van der Waals surface area contributed by atoms with Gasteiger partial charge in [-0.25, -0.2) is 9.78 Å². The van der Waals surface area contributed by atoms with Crippen LogP contribution in [-0.2, 0) is 24.9 Å². The Bertz CT molecular complexity index is 417. The van der Waals surface area contributed by atoms with Gasteiger partial charge in [-0.3, -0.25) is 4.90 Å². The van der Waals surface area contributed by atoms with Gasteiger partial charge in [0.15, 0.2) is 0 Å². The first-order valence-corrected chi connectivity index (χ1v) is 5.34. The van der Waals surface area contributed by atoms with Crippen molar-refractivity contribution in [3.8, 4) is 0 Å². The maximum absolute atomic E-state index is 11.8. The number of rotatable bonds is 0. The quantitative estimate of drug-likeness (QED) is 0.672. The molecule has 1 aliphatic rings. The lowest BCUT2D eigenvalue weighted by molar-refractivity contribution is 0.0238. The van der Waals surface area contributed by atoms with Crippen molar-refractivity contribution < 1.29 is 9.53 Å². The summed E-state index contributed by atoms with van der Waals surface area (Å²) in [6.45, 7) is 6.73. The lowest BCUT2D eigenvalue weighted by Crippen LogP contribution is -2.33. The molecule has 1 amide bonds. The minimum atomic E-state index is -0.445. The number of hydrogen-bond acceptors (Lipinski definition) is 3. The molecule has 0 bridgehead atoms. The first-order valence-electron chi connectivity index (χ1n) is 5.34. The third kappa shape index (κ3) is 2.03. The van der Waals surface area contributed by atoms with Crippen LogP contribution in [0.15, 0.2) is 6.33 Å². The van der Waals surface area contributed by atoms with Crippen molar-refractivity contribution in [3.63, 3.8) is 0 Å². The van der Waals surface area contributed by atoms with E-state index in [0.717, 1.165) is 11.4 Å². The predicted octanol–water partition coefficient (Wildman–Crippen LogP) is 1.67. The summed E-state index contributed by atoms with van der Waals surface area (Å²) in [4.78, 5) is 17.7. The highest BCUT2D eigenvalue weighted by atomic mass is 16.6. The fraction of sp³-hybridized carbons (Fsp3) is 0.636. The van der Waals surface area contributed by atoms with E-state index in [2.05, 4.69) is 4.98 Å². The van der Waals surface area contributed by atoms with E-state index in [4.69, 9.17) is 4.74 Å². The Morgan fingerprint density at radius 3 is 2.69 bits per heavy atom. The summed E-state index contributed by atoms with van der Waals surface area (Å²) in [5.74, 6) is 0. The molecular formula is C11H17N3O2. The largest absolute Gasteiger partial charge is 0.444 e. The van der Waals surface area contributed by atoms with Gasteiger partial charge in [0.1, 0.15) is 5.60 Å². The van der Waals surface area contributed by atoms with Crippen molar-refractivity contribution in [2.75, 3.05) is 0 Å². The lowest BCUT2D eigenvalue weighted by atomic mass is 10.2. The smallest absolute Gasteiger partial charge is 0.410 e. The molecule has 0 N–H and O–H groups in total. The molecule has 0 aromatic carbocycles. The molecule has 5 heteroatoms. The van der Waals surface area contributed by atoms with Crippen LogP contribution in [0.1, 0.15) is 32.2 Å². The average molecular weight is 223 g/mol. The zero-order valence-electron chi connectivity index (χ0n) is 10.1. The van der Waals surface area contributed by atoms with Crippen molar-refractivity contribution in [3.05, 3.63) is 17.7 Å². The van der Waals surface area contributed by atoms with E-state index in [1.54, 1.807) is 11.2 Å². The van der Waals surface area contributed by atoms with Crippen LogP contribution in [-0.4, -0.2) is 26.1 Å². The molecule has 0 saturated carbocycles. The van der Waals surface area contributed by atoms with Crippen molar-refractivity contribution in [1.82, 2.24) is 14.5 Å². The molecule has 5 nitrogen and oxygen atoms in total. The van der Waals surface area contributed by atoms with Gasteiger partial charge in [-0.2, -0.15) is 0 Å². The predicted molar refractivity (Wildman–Crippen MR) is 58.7 cm³/mol. The number of aryl methyl sites for hydroxylation is 1. The summed E-state index contributed by atoms with van der Waals surface area (Å²) in [5.41, 5.74) is 1.61. The Kier molecular flexibility index (Phi) is 2.40. The topological polar surface area (TPSA) is 47.4 Å². The number of ether oxygens (including phenoxy) is 1. The molecule has 2 heterocycles. The second-order valence-electron chi connectivity index (χ2n) is 5.09. The minimum absolute atomic E-state index is 0.273. The highest BCUT2D eigenvalue weighted by molar-refractivity contribution is 5.68. The number of carbonyl (C=O) groups is 1. The molecule has 0 saturated heterocycles. The number of nitrogens with zero attached hydrogens (tertiary/aromatic N) is 3. The molecule has 1 aromatic heterocycles. The summed E-state index contributed by atoms with van der Waals surface area (Å²) in [6, 6.07) is 0. The minimum Gasteiger partial charge on any atom is -0.444 e. The van der Waals surface area contributed by atoms with E-state index < -0.39 is 5.60 Å². The summed E-state index contributed by atoms with van der Waals surface area (Å²) in [5, 5.41) is 0. The van der Waals surface area contributed by atoms with Gasteiger partial charge in [0.05, 0.1) is 30.8 Å². The average Bonchev–Trinajstić information content (AvgIpc) is 2.65. The first-order chi connectivity index (χ1) is 7.37. The lowest BCUT2D eigenvalue weighted by Gasteiger charge is -2.24. The molecular weight excluding hydrogens is 206 g/mol. The van der Waals surface area contributed by atoms with Crippen LogP contribution in [0.5, 0.6) is 0 Å². The van der Waals surface area contributed by atoms with Gasteiger partial charge in [-0.05, 0) is 20.8 Å². The van der Waals surface area contributed by atoms with Crippen LogP contribution in [0.2, 0.25) is 0 Å². The summed E-state index contributed by atoms with van der Waals surface area (Å²) in [6.07, 6.45) is 1.50. The maximum atomic E-state index is 11.8. The Balaban J connectivity index is 2.04. The Morgan fingerprint density at radius 2 is 2.12 bits per heavy atom. The van der Waals surface area contributed by atoms with Crippen LogP contribution < -0.4 is 0 Å². The maximum Gasteiger partial charge on any atom is 0.410 e. The molecule has 16 heavy (non-hydrogen) atoms. The van der Waals surface area contributed by atoms with E-state index in [9.17, 15) is 4.79 Å². The molecule has 0 radical (unpaired) electrons. The van der Waals surface area contributed by atoms with Crippen LogP contribution >= 0.6 is 0 Å². The van der Waals surface area contributed by atoms with E-state index in [0.29, 0.717) is 13.1 Å². The van der Waals surface area contributed by atoms with Crippen molar-refractivity contribution in [2.45, 2.75) is 39.5 Å². The Hall–Kier alpha value is -1.52. The molecule has 0 spiro atoms. The van der Waals surface area contributed by atoms with Crippen LogP contribution in [0.3, 0.4) is 0 Å². The van der Waals surface area contributed by atoms with E-state index in [1.807, 2.05) is 32.4 Å². The summed E-state index contributed by atoms with van der Waals surface area (Å²) in [7, 11) is 1.93. The van der Waals surface area contributed by atoms with Gasteiger partial charge in [0.25, 0.3) is 0 Å². The Morgan fingerprint density at radius 1 is 1.44 bits per heavy atom. The SMILES string of the molecule is Cn1cnc2c1CN(C(=O)OC(C)(C)C)C2. The summed E-state index contributed by atoms with van der Waals surface area (Å²) < 4.78 is 7.26. The van der Waals surface area contributed by atoms with Crippen molar-refractivity contribution in [2.24, 2.45) is 7.05 Å². The fourth-order valence-corrected chi connectivity index (χ4v) is 1.71. The number of aromatic nitrogens is 2. The summed E-state index contributed by atoms with van der Waals surface area (Å²) >= 11 is 0. The van der Waals surface area contributed by atoms with Crippen LogP contribution in [0.4, 0.5) is 4.79 Å². The standard InChI is InChI=1S/C11H17N3O2/c1-11(2,3)16-10(15)14-5-8-9(6-14)13(4)7-12-8/h7H,5-6H2,1-4H3. The second-order valence-corrected chi connectivity index (χ2v) is 5.09. The van der Waals surface area contributed by atoms with Crippen LogP contribution in [0.25, 0.3) is 0 Å². The van der Waals surface area contributed by atoms with Gasteiger partial charge in [-0.15, -0.1) is 0 Å². The molecule has 88 valence electrons.